The van der Waals surface area contributed by atoms with Crippen LogP contribution in [0.2, 0.25) is 10.0 Å². The van der Waals surface area contributed by atoms with Gasteiger partial charge in [-0.2, -0.15) is 0 Å². The van der Waals surface area contributed by atoms with Crippen LogP contribution in [0.4, 0.5) is 0 Å². The summed E-state index contributed by atoms with van der Waals surface area (Å²) in [6.07, 6.45) is 4.23. The van der Waals surface area contributed by atoms with Crippen LogP contribution in [-0.4, -0.2) is 41.0 Å². The summed E-state index contributed by atoms with van der Waals surface area (Å²) in [6, 6.07) is 13.4. The third-order valence-electron chi connectivity index (χ3n) is 7.63. The van der Waals surface area contributed by atoms with Crippen molar-refractivity contribution in [2.45, 2.75) is 57.6 Å². The number of nitrogens with zero attached hydrogens (tertiary/aromatic N) is 1. The first-order chi connectivity index (χ1) is 16.1. The fraction of sp³-hybridized carbons (Fsp3) is 0.481. The van der Waals surface area contributed by atoms with Gasteiger partial charge in [-0.1, -0.05) is 62.0 Å². The quantitative estimate of drug-likeness (QED) is 0.572. The Morgan fingerprint density at radius 1 is 0.941 bits per heavy atom. The summed E-state index contributed by atoms with van der Waals surface area (Å²) < 4.78 is 0. The van der Waals surface area contributed by atoms with E-state index in [-0.39, 0.29) is 17.7 Å². The van der Waals surface area contributed by atoms with Gasteiger partial charge in [0.2, 0.25) is 5.91 Å². The van der Waals surface area contributed by atoms with Crippen LogP contribution >= 0.6 is 23.2 Å². The summed E-state index contributed by atoms with van der Waals surface area (Å²) in [5, 5.41) is 16.1. The molecule has 4 rings (SSSR count). The normalized spacial score (nSPS) is 22.7. The van der Waals surface area contributed by atoms with Gasteiger partial charge in [0.1, 0.15) is 6.04 Å². The number of carbonyl (C=O) groups excluding carboxylic acids is 2. The molecule has 2 aromatic rings. The molecule has 0 radical (unpaired) electrons. The van der Waals surface area contributed by atoms with Gasteiger partial charge in [-0.05, 0) is 67.1 Å². The molecule has 1 aliphatic carbocycles. The Morgan fingerprint density at radius 3 is 2.06 bits per heavy atom. The molecule has 1 aliphatic heterocycles. The maximum Gasteiger partial charge on any atom is 0.251 e. The van der Waals surface area contributed by atoms with Crippen LogP contribution in [0, 0.1) is 11.3 Å². The highest BCUT2D eigenvalue weighted by Gasteiger charge is 2.56. The minimum atomic E-state index is -1.01. The Balaban J connectivity index is 1.55. The predicted molar refractivity (Wildman–Crippen MR) is 135 cm³/mol. The Kier molecular flexibility index (Phi) is 7.28. The van der Waals surface area contributed by atoms with Gasteiger partial charge in [-0.3, -0.25) is 9.59 Å². The van der Waals surface area contributed by atoms with Crippen molar-refractivity contribution >= 4 is 35.0 Å². The number of likely N-dealkylation sites (tertiary alicyclic amines) is 1. The maximum absolute atomic E-state index is 13.7. The molecule has 1 spiro atoms. The first kappa shape index (κ1) is 25.0. The third-order valence-corrected chi connectivity index (χ3v) is 8.14. The Morgan fingerprint density at radius 2 is 1.50 bits per heavy atom. The molecule has 182 valence electrons. The number of hydrogen-bond donors (Lipinski definition) is 2. The number of rotatable bonds is 5. The molecule has 1 saturated carbocycles. The zero-order valence-electron chi connectivity index (χ0n) is 19.7. The van der Waals surface area contributed by atoms with Crippen molar-refractivity contribution in [3.05, 3.63) is 69.7 Å². The smallest absolute Gasteiger partial charge is 0.251 e. The molecule has 2 N–H and O–H groups in total. The van der Waals surface area contributed by atoms with Gasteiger partial charge >= 0.3 is 0 Å². The van der Waals surface area contributed by atoms with Crippen LogP contribution in [0.15, 0.2) is 48.5 Å². The standard InChI is InChI=1S/C27H32Cl2N2O3/c1-18(2)23(30-24(32)19-5-9-21(28)10-6-19)25(33)31-16-15-27(34,20-7-11-22(29)12-8-20)26(17-31)13-3-4-14-26/h5-12,18,23,34H,3-4,13-17H2,1-2H3,(H,30,32)/t23-,27+/m1/s1. The summed E-state index contributed by atoms with van der Waals surface area (Å²) >= 11 is 12.0. The van der Waals surface area contributed by atoms with E-state index in [0.717, 1.165) is 31.2 Å². The number of benzene rings is 2. The number of carbonyl (C=O) groups is 2. The van der Waals surface area contributed by atoms with Crippen LogP contribution in [0.5, 0.6) is 0 Å². The number of piperidine rings is 1. The Labute approximate surface area is 211 Å². The molecular weight excluding hydrogens is 471 g/mol. The predicted octanol–water partition coefficient (Wildman–Crippen LogP) is 5.43. The van der Waals surface area contributed by atoms with Gasteiger partial charge in [0.25, 0.3) is 5.91 Å². The summed E-state index contributed by atoms with van der Waals surface area (Å²) in [6.45, 7) is 4.78. The Bertz CT molecular complexity index is 1030. The van der Waals surface area contributed by atoms with Crippen molar-refractivity contribution in [2.75, 3.05) is 13.1 Å². The summed E-state index contributed by atoms with van der Waals surface area (Å²) in [4.78, 5) is 28.4. The van der Waals surface area contributed by atoms with Crippen molar-refractivity contribution < 1.29 is 14.7 Å². The molecule has 1 heterocycles. The van der Waals surface area contributed by atoms with E-state index in [4.69, 9.17) is 23.2 Å². The van der Waals surface area contributed by atoms with Crippen molar-refractivity contribution in [2.24, 2.45) is 11.3 Å². The third kappa shape index (κ3) is 4.71. The second-order valence-corrected chi connectivity index (χ2v) is 10.9. The van der Waals surface area contributed by atoms with Crippen molar-refractivity contribution in [1.82, 2.24) is 10.2 Å². The molecule has 34 heavy (non-hydrogen) atoms. The lowest BCUT2D eigenvalue weighted by Crippen LogP contribution is -2.61. The number of nitrogens with one attached hydrogen (secondary N) is 1. The monoisotopic (exact) mass is 502 g/mol. The molecule has 2 amide bonds. The van der Waals surface area contributed by atoms with Crippen molar-refractivity contribution in [3.8, 4) is 0 Å². The van der Waals surface area contributed by atoms with Crippen LogP contribution in [0.1, 0.15) is 61.9 Å². The topological polar surface area (TPSA) is 69.6 Å². The molecule has 2 aliphatic rings. The van der Waals surface area contributed by atoms with E-state index in [9.17, 15) is 14.7 Å². The van der Waals surface area contributed by atoms with Gasteiger partial charge in [0.05, 0.1) is 5.60 Å². The van der Waals surface area contributed by atoms with Gasteiger partial charge in [-0.15, -0.1) is 0 Å². The van der Waals surface area contributed by atoms with Crippen molar-refractivity contribution in [1.29, 1.82) is 0 Å². The molecule has 2 fully saturated rings. The zero-order valence-corrected chi connectivity index (χ0v) is 21.2. The van der Waals surface area contributed by atoms with Gasteiger partial charge < -0.3 is 15.3 Å². The van der Waals surface area contributed by atoms with Crippen LogP contribution < -0.4 is 5.32 Å². The van der Waals surface area contributed by atoms with E-state index in [1.807, 2.05) is 43.0 Å². The first-order valence-electron chi connectivity index (χ1n) is 12.0. The van der Waals surface area contributed by atoms with E-state index in [1.54, 1.807) is 24.3 Å². The average Bonchev–Trinajstić information content (AvgIpc) is 3.29. The van der Waals surface area contributed by atoms with Crippen LogP contribution in [-0.2, 0) is 10.4 Å². The van der Waals surface area contributed by atoms with Crippen LogP contribution in [0.25, 0.3) is 0 Å². The minimum Gasteiger partial charge on any atom is -0.384 e. The SMILES string of the molecule is CC(C)[C@@H](NC(=O)c1ccc(Cl)cc1)C(=O)N1CC[C@](O)(c2ccc(Cl)cc2)C2(CCCC2)C1. The average molecular weight is 503 g/mol. The molecule has 0 unspecified atom stereocenters. The number of aliphatic hydroxyl groups is 1. The molecule has 1 saturated heterocycles. The van der Waals surface area contributed by atoms with E-state index in [1.165, 1.54) is 0 Å². The number of halogens is 2. The highest BCUT2D eigenvalue weighted by Crippen LogP contribution is 2.55. The lowest BCUT2D eigenvalue weighted by molar-refractivity contribution is -0.161. The summed E-state index contributed by atoms with van der Waals surface area (Å²) in [5.41, 5.74) is -0.0884. The second kappa shape index (κ2) is 9.88. The summed E-state index contributed by atoms with van der Waals surface area (Å²) in [5.74, 6) is -0.476. The fourth-order valence-electron chi connectivity index (χ4n) is 5.66. The minimum absolute atomic E-state index is 0.0830. The first-order valence-corrected chi connectivity index (χ1v) is 12.7. The molecule has 2 aromatic carbocycles. The Hall–Kier alpha value is -2.08. The molecule has 0 aromatic heterocycles. The highest BCUT2D eigenvalue weighted by molar-refractivity contribution is 6.30. The number of hydrogen-bond acceptors (Lipinski definition) is 3. The van der Waals surface area contributed by atoms with E-state index in [2.05, 4.69) is 5.32 Å². The van der Waals surface area contributed by atoms with E-state index < -0.39 is 17.1 Å². The molecular formula is C27H32Cl2N2O3. The fourth-order valence-corrected chi connectivity index (χ4v) is 5.91. The molecule has 5 nitrogen and oxygen atoms in total. The largest absolute Gasteiger partial charge is 0.384 e. The molecule has 2 atom stereocenters. The lowest BCUT2D eigenvalue weighted by Gasteiger charge is -2.53. The van der Waals surface area contributed by atoms with E-state index in [0.29, 0.717) is 35.1 Å². The van der Waals surface area contributed by atoms with E-state index >= 15 is 0 Å². The highest BCUT2D eigenvalue weighted by atomic mass is 35.5. The second-order valence-electron chi connectivity index (χ2n) is 10.1. The molecule has 7 heteroatoms. The number of amides is 2. The van der Waals surface area contributed by atoms with Gasteiger partial charge in [0.15, 0.2) is 0 Å². The maximum atomic E-state index is 13.7. The van der Waals surface area contributed by atoms with Crippen molar-refractivity contribution in [3.63, 3.8) is 0 Å². The zero-order chi connectivity index (χ0) is 24.5. The lowest BCUT2D eigenvalue weighted by atomic mass is 9.63. The van der Waals surface area contributed by atoms with Crippen LogP contribution in [0.3, 0.4) is 0 Å². The van der Waals surface area contributed by atoms with Gasteiger partial charge in [0, 0.05) is 34.1 Å². The molecule has 0 bridgehead atoms. The summed E-state index contributed by atoms with van der Waals surface area (Å²) in [7, 11) is 0. The van der Waals surface area contributed by atoms with Gasteiger partial charge in [-0.25, -0.2) is 0 Å².